The van der Waals surface area contributed by atoms with E-state index in [9.17, 15) is 4.79 Å². The van der Waals surface area contributed by atoms with Crippen LogP contribution in [0.25, 0.3) is 0 Å². The smallest absolute Gasteiger partial charge is 0.191 e. The molecule has 2 aromatic carbocycles. The quantitative estimate of drug-likeness (QED) is 0.755. The van der Waals surface area contributed by atoms with Crippen LogP contribution in [0.5, 0.6) is 0 Å². The summed E-state index contributed by atoms with van der Waals surface area (Å²) in [5.74, 6) is 0. The van der Waals surface area contributed by atoms with Crippen molar-refractivity contribution in [3.63, 3.8) is 0 Å². The Morgan fingerprint density at radius 2 is 1.54 bits per heavy atom. The number of hydrogen-bond donors (Lipinski definition) is 0. The van der Waals surface area contributed by atoms with Crippen LogP contribution in [0, 0.1) is 0 Å². The fourth-order valence-corrected chi connectivity index (χ4v) is 3.87. The zero-order valence-electron chi connectivity index (χ0n) is 13.6. The normalized spacial score (nSPS) is 20.9. The summed E-state index contributed by atoms with van der Waals surface area (Å²) < 4.78 is 11.7. The van der Waals surface area contributed by atoms with E-state index in [1.54, 1.807) is 0 Å². The van der Waals surface area contributed by atoms with Gasteiger partial charge in [0.25, 0.3) is 0 Å². The summed E-state index contributed by atoms with van der Waals surface area (Å²) in [5, 5.41) is 0.378. The maximum absolute atomic E-state index is 12.0. The molecule has 1 aliphatic rings. The van der Waals surface area contributed by atoms with Gasteiger partial charge < -0.3 is 9.47 Å². The number of carbonyl (C=O) groups excluding carboxylic acids is 1. The van der Waals surface area contributed by atoms with E-state index in [1.165, 1.54) is 11.8 Å². The van der Waals surface area contributed by atoms with Crippen molar-refractivity contribution in [2.24, 2.45) is 0 Å². The lowest BCUT2D eigenvalue weighted by molar-refractivity contribution is -0.115. The van der Waals surface area contributed by atoms with Crippen LogP contribution in [0.1, 0.15) is 24.0 Å². The molecule has 1 saturated heterocycles. The predicted molar refractivity (Wildman–Crippen MR) is 96.7 cm³/mol. The number of rotatable bonds is 7. The second kappa shape index (κ2) is 9.02. The van der Waals surface area contributed by atoms with Gasteiger partial charge >= 0.3 is 0 Å². The molecule has 0 amide bonds. The predicted octanol–water partition coefficient (Wildman–Crippen LogP) is 4.21. The summed E-state index contributed by atoms with van der Waals surface area (Å²) in [6.45, 7) is 1.72. The van der Waals surface area contributed by atoms with Crippen LogP contribution in [0.4, 0.5) is 0 Å². The lowest BCUT2D eigenvalue weighted by Crippen LogP contribution is -2.30. The highest BCUT2D eigenvalue weighted by atomic mass is 32.2. The van der Waals surface area contributed by atoms with Crippen LogP contribution in [0.3, 0.4) is 0 Å². The van der Waals surface area contributed by atoms with E-state index < -0.39 is 0 Å². The highest BCUT2D eigenvalue weighted by molar-refractivity contribution is 8.14. The van der Waals surface area contributed by atoms with E-state index in [4.69, 9.17) is 9.47 Å². The summed E-state index contributed by atoms with van der Waals surface area (Å²) >= 11 is 1.40. The number of thioether (sulfide) groups is 1. The number of hydrogen-bond acceptors (Lipinski definition) is 4. The molecule has 1 unspecified atom stereocenters. The molecule has 3 nitrogen and oxygen atoms in total. The Morgan fingerprint density at radius 3 is 2.21 bits per heavy atom. The number of carbonyl (C=O) groups is 1. The molecule has 24 heavy (non-hydrogen) atoms. The van der Waals surface area contributed by atoms with Gasteiger partial charge in [-0.05, 0) is 17.5 Å². The van der Waals surface area contributed by atoms with Crippen LogP contribution in [-0.4, -0.2) is 23.1 Å². The molecule has 0 N–H and O–H groups in total. The maximum atomic E-state index is 12.0. The fourth-order valence-electron chi connectivity index (χ4n) is 2.74. The van der Waals surface area contributed by atoms with Crippen LogP contribution >= 0.6 is 11.8 Å². The third-order valence-corrected chi connectivity index (χ3v) is 5.05. The van der Waals surface area contributed by atoms with Crippen molar-refractivity contribution in [2.45, 2.75) is 37.4 Å². The van der Waals surface area contributed by atoms with Crippen molar-refractivity contribution in [3.05, 3.63) is 71.8 Å². The highest BCUT2D eigenvalue weighted by Crippen LogP contribution is 2.29. The van der Waals surface area contributed by atoms with E-state index in [0.717, 1.165) is 17.5 Å². The maximum Gasteiger partial charge on any atom is 0.191 e. The minimum atomic E-state index is -0.00992. The first-order valence-electron chi connectivity index (χ1n) is 8.26. The molecule has 1 aliphatic heterocycles. The second-order valence-corrected chi connectivity index (χ2v) is 7.33. The standard InChI is InChI=1S/C20H22O3S/c21-20-12-18(23-14-17-9-5-2-6-10-17)11-19(24-20)15-22-13-16-7-3-1-4-8-16/h1-10,18-19H,11-15H2/t18-,19?/m0/s1. The first kappa shape index (κ1) is 17.2. The van der Waals surface area contributed by atoms with Gasteiger partial charge in [0.2, 0.25) is 0 Å². The van der Waals surface area contributed by atoms with Gasteiger partial charge in [0, 0.05) is 11.7 Å². The van der Waals surface area contributed by atoms with E-state index in [0.29, 0.717) is 26.2 Å². The number of benzene rings is 2. The Kier molecular flexibility index (Phi) is 6.47. The lowest BCUT2D eigenvalue weighted by atomic mass is 10.1. The first-order chi connectivity index (χ1) is 11.8. The zero-order chi connectivity index (χ0) is 16.6. The third-order valence-electron chi connectivity index (χ3n) is 3.96. The first-order valence-corrected chi connectivity index (χ1v) is 9.14. The summed E-state index contributed by atoms with van der Waals surface area (Å²) in [4.78, 5) is 12.0. The van der Waals surface area contributed by atoms with E-state index in [1.807, 2.05) is 60.7 Å². The van der Waals surface area contributed by atoms with Gasteiger partial charge in [-0.2, -0.15) is 0 Å². The van der Waals surface area contributed by atoms with Crippen molar-refractivity contribution in [3.8, 4) is 0 Å². The van der Waals surface area contributed by atoms with E-state index in [2.05, 4.69) is 0 Å². The Balaban J connectivity index is 1.44. The molecular weight excluding hydrogens is 320 g/mol. The highest BCUT2D eigenvalue weighted by Gasteiger charge is 2.28. The SMILES string of the molecule is O=C1C[C@@H](OCc2ccccc2)CC(COCc2ccccc2)S1. The summed E-state index contributed by atoms with van der Waals surface area (Å²) in [7, 11) is 0. The van der Waals surface area contributed by atoms with Gasteiger partial charge in [-0.3, -0.25) is 4.79 Å². The molecule has 2 atom stereocenters. The van der Waals surface area contributed by atoms with Crippen molar-refractivity contribution >= 4 is 16.9 Å². The van der Waals surface area contributed by atoms with Crippen LogP contribution < -0.4 is 0 Å². The average molecular weight is 342 g/mol. The van der Waals surface area contributed by atoms with E-state index >= 15 is 0 Å². The van der Waals surface area contributed by atoms with Gasteiger partial charge in [-0.15, -0.1) is 0 Å². The van der Waals surface area contributed by atoms with E-state index in [-0.39, 0.29) is 16.5 Å². The minimum Gasteiger partial charge on any atom is -0.376 e. The molecule has 0 aliphatic carbocycles. The fraction of sp³-hybridized carbons (Fsp3) is 0.350. The minimum absolute atomic E-state index is 0.00992. The molecular formula is C20H22O3S. The van der Waals surface area contributed by atoms with Crippen LogP contribution in [0.2, 0.25) is 0 Å². The van der Waals surface area contributed by atoms with Crippen LogP contribution in [0.15, 0.2) is 60.7 Å². The molecule has 0 radical (unpaired) electrons. The third kappa shape index (κ3) is 5.48. The van der Waals surface area contributed by atoms with Gasteiger partial charge in [-0.25, -0.2) is 0 Å². The van der Waals surface area contributed by atoms with Gasteiger partial charge in [0.1, 0.15) is 0 Å². The van der Waals surface area contributed by atoms with Gasteiger partial charge in [0.15, 0.2) is 5.12 Å². The van der Waals surface area contributed by atoms with Crippen molar-refractivity contribution < 1.29 is 14.3 Å². The molecule has 4 heteroatoms. The van der Waals surface area contributed by atoms with Gasteiger partial charge in [0.05, 0.1) is 25.9 Å². The van der Waals surface area contributed by atoms with Crippen molar-refractivity contribution in [1.82, 2.24) is 0 Å². The Labute approximate surface area is 147 Å². The molecule has 3 rings (SSSR count). The molecule has 0 bridgehead atoms. The molecule has 126 valence electrons. The monoisotopic (exact) mass is 342 g/mol. The summed E-state index contributed by atoms with van der Waals surface area (Å²) in [6.07, 6.45) is 1.34. The largest absolute Gasteiger partial charge is 0.376 e. The van der Waals surface area contributed by atoms with Crippen molar-refractivity contribution in [1.29, 1.82) is 0 Å². The molecule has 1 heterocycles. The average Bonchev–Trinajstić information content (AvgIpc) is 2.61. The topological polar surface area (TPSA) is 35.5 Å². The Morgan fingerprint density at radius 1 is 0.917 bits per heavy atom. The second-order valence-electron chi connectivity index (χ2n) is 5.97. The van der Waals surface area contributed by atoms with Gasteiger partial charge in [-0.1, -0.05) is 72.4 Å². The van der Waals surface area contributed by atoms with Crippen molar-refractivity contribution in [2.75, 3.05) is 6.61 Å². The summed E-state index contributed by atoms with van der Waals surface area (Å²) in [5.41, 5.74) is 2.29. The van der Waals surface area contributed by atoms with Crippen LogP contribution in [-0.2, 0) is 27.5 Å². The molecule has 0 saturated carbocycles. The molecule has 1 fully saturated rings. The lowest BCUT2D eigenvalue weighted by Gasteiger charge is -2.27. The molecule has 0 aromatic heterocycles. The molecule has 0 spiro atoms. The number of ether oxygens (including phenoxy) is 2. The summed E-state index contributed by atoms with van der Waals surface area (Å²) in [6, 6.07) is 20.2. The zero-order valence-corrected chi connectivity index (χ0v) is 14.4. The Hall–Kier alpha value is -1.62. The Bertz CT molecular complexity index is 630. The molecule has 2 aromatic rings.